The Bertz CT molecular complexity index is 610. The maximum absolute atomic E-state index is 12.5. The minimum atomic E-state index is -0.779. The molecular weight excluding hydrogens is 332 g/mol. The molecule has 0 spiro atoms. The van der Waals surface area contributed by atoms with E-state index in [4.69, 9.17) is 9.84 Å². The van der Waals surface area contributed by atoms with Crippen LogP contribution in [-0.4, -0.2) is 47.6 Å². The van der Waals surface area contributed by atoms with Gasteiger partial charge in [0.25, 0.3) is 0 Å². The minimum absolute atomic E-state index is 0. The van der Waals surface area contributed by atoms with Gasteiger partial charge in [-0.2, -0.15) is 0 Å². The van der Waals surface area contributed by atoms with Crippen molar-refractivity contribution in [2.24, 2.45) is 5.92 Å². The number of hydrogen-bond donors (Lipinski definition) is 2. The van der Waals surface area contributed by atoms with E-state index in [2.05, 4.69) is 5.32 Å². The molecule has 3 unspecified atom stereocenters. The maximum atomic E-state index is 12.5. The van der Waals surface area contributed by atoms with Crippen LogP contribution in [-0.2, 0) is 9.59 Å². The third kappa shape index (κ3) is 3.82. The van der Waals surface area contributed by atoms with Gasteiger partial charge in [-0.15, -0.1) is 12.4 Å². The number of carboxylic acid groups (broad SMARTS) is 1. The van der Waals surface area contributed by atoms with Crippen molar-refractivity contribution < 1.29 is 19.4 Å². The standard InChI is InChI=1S/C17H22N2O4.ClH/c1-11(19-8-6-12(10-19)17(21)22)16(20)18-14-7-9-23-15-5-3-2-4-13(14)15;/h2-5,11-12,14H,6-10H2,1H3,(H,18,20)(H,21,22);1H. The van der Waals surface area contributed by atoms with Crippen molar-refractivity contribution in [2.75, 3.05) is 19.7 Å². The number of para-hydroxylation sites is 1. The molecule has 0 radical (unpaired) electrons. The molecule has 2 N–H and O–H groups in total. The Morgan fingerprint density at radius 1 is 1.33 bits per heavy atom. The van der Waals surface area contributed by atoms with Gasteiger partial charge in [-0.3, -0.25) is 14.5 Å². The molecule has 1 aromatic carbocycles. The molecule has 1 aromatic rings. The fraction of sp³-hybridized carbons (Fsp3) is 0.529. The average Bonchev–Trinajstić information content (AvgIpc) is 3.04. The van der Waals surface area contributed by atoms with Crippen molar-refractivity contribution in [3.63, 3.8) is 0 Å². The van der Waals surface area contributed by atoms with Gasteiger partial charge in [-0.05, 0) is 26.0 Å². The quantitative estimate of drug-likeness (QED) is 0.862. The summed E-state index contributed by atoms with van der Waals surface area (Å²) in [7, 11) is 0. The molecule has 0 saturated carbocycles. The first-order chi connectivity index (χ1) is 11.1. The third-order valence-corrected chi connectivity index (χ3v) is 4.77. The van der Waals surface area contributed by atoms with E-state index in [1.807, 2.05) is 36.1 Å². The fourth-order valence-electron chi connectivity index (χ4n) is 3.29. The van der Waals surface area contributed by atoms with Crippen LogP contribution < -0.4 is 10.1 Å². The molecule has 24 heavy (non-hydrogen) atoms. The second-order valence-corrected chi connectivity index (χ2v) is 6.23. The molecule has 0 bridgehead atoms. The number of rotatable bonds is 4. The molecule has 0 aliphatic carbocycles. The Balaban J connectivity index is 0.00000208. The molecule has 1 saturated heterocycles. The van der Waals surface area contributed by atoms with Crippen LogP contribution in [0.15, 0.2) is 24.3 Å². The Morgan fingerprint density at radius 2 is 2.08 bits per heavy atom. The van der Waals surface area contributed by atoms with Gasteiger partial charge in [0.05, 0.1) is 24.6 Å². The van der Waals surface area contributed by atoms with E-state index in [1.54, 1.807) is 0 Å². The average molecular weight is 355 g/mol. The molecule has 2 aliphatic heterocycles. The molecular formula is C17H23ClN2O4. The molecule has 0 aromatic heterocycles. The van der Waals surface area contributed by atoms with Crippen molar-refractivity contribution >= 4 is 24.3 Å². The lowest BCUT2D eigenvalue weighted by Gasteiger charge is -2.29. The van der Waals surface area contributed by atoms with Crippen LogP contribution in [0.1, 0.15) is 31.4 Å². The van der Waals surface area contributed by atoms with E-state index in [0.29, 0.717) is 26.1 Å². The number of carbonyl (C=O) groups excluding carboxylic acids is 1. The van der Waals surface area contributed by atoms with E-state index >= 15 is 0 Å². The van der Waals surface area contributed by atoms with Crippen LogP contribution in [0.5, 0.6) is 5.75 Å². The zero-order valence-corrected chi connectivity index (χ0v) is 14.4. The third-order valence-electron chi connectivity index (χ3n) is 4.77. The normalized spacial score (nSPS) is 24.2. The van der Waals surface area contributed by atoms with Gasteiger partial charge in [-0.1, -0.05) is 18.2 Å². The predicted octanol–water partition coefficient (Wildman–Crippen LogP) is 1.84. The summed E-state index contributed by atoms with van der Waals surface area (Å²) in [6.45, 7) is 3.51. The summed E-state index contributed by atoms with van der Waals surface area (Å²) in [6, 6.07) is 7.37. The van der Waals surface area contributed by atoms with Gasteiger partial charge in [0.1, 0.15) is 5.75 Å². The van der Waals surface area contributed by atoms with E-state index in [9.17, 15) is 9.59 Å². The number of aliphatic carboxylic acids is 1. The smallest absolute Gasteiger partial charge is 0.307 e. The lowest BCUT2D eigenvalue weighted by Crippen LogP contribution is -2.46. The number of hydrogen-bond acceptors (Lipinski definition) is 4. The molecule has 3 rings (SSSR count). The summed E-state index contributed by atoms with van der Waals surface area (Å²) >= 11 is 0. The van der Waals surface area contributed by atoms with Crippen molar-refractivity contribution in [3.05, 3.63) is 29.8 Å². The second-order valence-electron chi connectivity index (χ2n) is 6.23. The number of nitrogens with one attached hydrogen (secondary N) is 1. The summed E-state index contributed by atoms with van der Waals surface area (Å²) in [5.41, 5.74) is 1.00. The number of carboxylic acids is 1. The number of ether oxygens (including phenoxy) is 1. The van der Waals surface area contributed by atoms with Gasteiger partial charge < -0.3 is 15.2 Å². The van der Waals surface area contributed by atoms with Gasteiger partial charge in [0.15, 0.2) is 0 Å². The van der Waals surface area contributed by atoms with Crippen LogP contribution in [0, 0.1) is 5.92 Å². The molecule has 132 valence electrons. The Labute approximate surface area is 147 Å². The molecule has 1 fully saturated rings. The largest absolute Gasteiger partial charge is 0.493 e. The summed E-state index contributed by atoms with van der Waals surface area (Å²) in [4.78, 5) is 25.5. The molecule has 3 atom stereocenters. The topological polar surface area (TPSA) is 78.9 Å². The van der Waals surface area contributed by atoms with E-state index < -0.39 is 5.97 Å². The molecule has 6 nitrogen and oxygen atoms in total. The van der Waals surface area contributed by atoms with Crippen molar-refractivity contribution in [1.29, 1.82) is 0 Å². The number of likely N-dealkylation sites (tertiary alicyclic amines) is 1. The van der Waals surface area contributed by atoms with Crippen LogP contribution >= 0.6 is 12.4 Å². The zero-order valence-electron chi connectivity index (χ0n) is 13.6. The SMILES string of the molecule is CC(C(=O)NC1CCOc2ccccc21)N1CCC(C(=O)O)C1.Cl. The summed E-state index contributed by atoms with van der Waals surface area (Å²) in [5, 5.41) is 12.2. The summed E-state index contributed by atoms with van der Waals surface area (Å²) in [6.07, 6.45) is 1.35. The van der Waals surface area contributed by atoms with Crippen LogP contribution in [0.3, 0.4) is 0 Å². The first kappa shape index (κ1) is 18.5. The van der Waals surface area contributed by atoms with E-state index in [1.165, 1.54) is 0 Å². The maximum Gasteiger partial charge on any atom is 0.307 e. The number of halogens is 1. The summed E-state index contributed by atoms with van der Waals surface area (Å²) < 4.78 is 5.61. The highest BCUT2D eigenvalue weighted by Gasteiger charge is 2.34. The lowest BCUT2D eigenvalue weighted by molar-refractivity contribution is -0.141. The van der Waals surface area contributed by atoms with Gasteiger partial charge in [-0.25, -0.2) is 0 Å². The molecule has 7 heteroatoms. The van der Waals surface area contributed by atoms with Gasteiger partial charge in [0, 0.05) is 18.5 Å². The predicted molar refractivity (Wildman–Crippen MR) is 91.5 cm³/mol. The Kier molecular flexibility index (Phi) is 6.07. The number of benzene rings is 1. The van der Waals surface area contributed by atoms with Crippen LogP contribution in [0.25, 0.3) is 0 Å². The van der Waals surface area contributed by atoms with Crippen molar-refractivity contribution in [3.8, 4) is 5.75 Å². The lowest BCUT2D eigenvalue weighted by atomic mass is 10.0. The number of nitrogens with zero attached hydrogens (tertiary/aromatic N) is 1. The second kappa shape index (κ2) is 7.85. The number of amides is 1. The zero-order chi connectivity index (χ0) is 16.4. The summed E-state index contributed by atoms with van der Waals surface area (Å²) in [5.74, 6) is -0.380. The van der Waals surface area contributed by atoms with Crippen molar-refractivity contribution in [1.82, 2.24) is 10.2 Å². The molecule has 1 amide bonds. The Morgan fingerprint density at radius 3 is 2.79 bits per heavy atom. The highest BCUT2D eigenvalue weighted by Crippen LogP contribution is 2.31. The number of carbonyl (C=O) groups is 2. The molecule has 2 heterocycles. The van der Waals surface area contributed by atoms with E-state index in [-0.39, 0.29) is 36.3 Å². The highest BCUT2D eigenvalue weighted by atomic mass is 35.5. The molecule has 2 aliphatic rings. The highest BCUT2D eigenvalue weighted by molar-refractivity contribution is 5.85. The first-order valence-corrected chi connectivity index (χ1v) is 8.05. The number of fused-ring (bicyclic) bond motifs is 1. The fourth-order valence-corrected chi connectivity index (χ4v) is 3.29. The minimum Gasteiger partial charge on any atom is -0.493 e. The Hall–Kier alpha value is -1.79. The van der Waals surface area contributed by atoms with Gasteiger partial charge in [0.2, 0.25) is 5.91 Å². The first-order valence-electron chi connectivity index (χ1n) is 8.05. The van der Waals surface area contributed by atoms with Crippen LogP contribution in [0.2, 0.25) is 0 Å². The van der Waals surface area contributed by atoms with Crippen molar-refractivity contribution in [2.45, 2.75) is 31.8 Å². The van der Waals surface area contributed by atoms with Gasteiger partial charge >= 0.3 is 5.97 Å². The monoisotopic (exact) mass is 354 g/mol. The van der Waals surface area contributed by atoms with Crippen LogP contribution in [0.4, 0.5) is 0 Å². The van der Waals surface area contributed by atoms with E-state index in [0.717, 1.165) is 17.7 Å².